The lowest BCUT2D eigenvalue weighted by molar-refractivity contribution is 0.589. The Bertz CT molecular complexity index is 4050. The number of benzene rings is 9. The number of aromatic nitrogens is 8. The molecule has 0 saturated heterocycles. The van der Waals surface area contributed by atoms with Crippen molar-refractivity contribution in [2.75, 3.05) is 9.80 Å². The smallest absolute Gasteiger partial charge is 0.100 e. The number of nitrogens with zero attached hydrogens (tertiary/aromatic N) is 10. The largest absolute Gasteiger partial charge is 0.310 e. The summed E-state index contributed by atoms with van der Waals surface area (Å²) in [6, 6.07) is 70.7. The highest BCUT2D eigenvalue weighted by atomic mass is 15.2. The SMILES string of the molecule is CC(C)(C)c1cc(N(c2ccc(N(c3cc(-n4cnc5ccccc54)cc(C(C)(C)C)c3)c3cc(-n4cnc5ccccc54)cc(C(C)(C)C)c3)cc2)c2cc(-n3cnc4ccccc43)cc(C(C)(C)C)c2)cc(-n2cnc3ccccc32)c1. The van der Waals surface area contributed by atoms with Crippen LogP contribution in [0.15, 0.2) is 219 Å². The van der Waals surface area contributed by atoms with Crippen LogP contribution in [0, 0.1) is 0 Å². The van der Waals surface area contributed by atoms with Crippen molar-refractivity contribution in [3.63, 3.8) is 0 Å². The Labute approximate surface area is 493 Å². The predicted molar refractivity (Wildman–Crippen MR) is 349 cm³/mol. The topological polar surface area (TPSA) is 77.8 Å². The number of anilines is 6. The summed E-state index contributed by atoms with van der Waals surface area (Å²) in [5, 5.41) is 0. The standard InChI is InChI=1S/C74H72N10/c1-71(2,3)49-33-55(79-45-75-63-21-13-17-25-67(63)79)41-59(37-49)83(60-38-50(72(4,5)6)34-56(42-60)80-46-76-64-22-14-18-26-68(64)80)53-29-31-54(32-30-53)84(61-39-51(73(7,8)9)35-57(43-61)81-47-77-65-23-15-19-27-69(65)81)62-40-52(74(10,11)12)36-58(44-62)82-48-78-66-24-16-20-28-70(66)82/h13-48H,1-12H3. The maximum Gasteiger partial charge on any atom is 0.100 e. The minimum atomic E-state index is -0.196. The van der Waals surface area contributed by atoms with Gasteiger partial charge in [-0.1, -0.05) is 132 Å². The second kappa shape index (κ2) is 20.1. The van der Waals surface area contributed by atoms with E-state index in [-0.39, 0.29) is 21.7 Å². The van der Waals surface area contributed by atoms with Crippen molar-refractivity contribution in [3.05, 3.63) is 242 Å². The van der Waals surface area contributed by atoms with Crippen molar-refractivity contribution in [1.82, 2.24) is 38.2 Å². The van der Waals surface area contributed by atoms with Crippen LogP contribution in [0.4, 0.5) is 34.1 Å². The first-order valence-corrected chi connectivity index (χ1v) is 29.1. The van der Waals surface area contributed by atoms with Gasteiger partial charge in [-0.25, -0.2) is 19.9 Å². The summed E-state index contributed by atoms with van der Waals surface area (Å²) in [6.45, 7) is 27.5. The van der Waals surface area contributed by atoms with Crippen LogP contribution in [-0.2, 0) is 21.7 Å². The molecular weight excluding hydrogens is 1030 g/mol. The minimum absolute atomic E-state index is 0.196. The van der Waals surface area contributed by atoms with Crippen LogP contribution in [0.2, 0.25) is 0 Å². The fourth-order valence-corrected chi connectivity index (χ4v) is 11.5. The monoisotopic (exact) mass is 1100 g/mol. The van der Waals surface area contributed by atoms with Gasteiger partial charge in [0, 0.05) is 56.9 Å². The molecule has 0 aliphatic carbocycles. The summed E-state index contributed by atoms with van der Waals surface area (Å²) >= 11 is 0. The summed E-state index contributed by atoms with van der Waals surface area (Å²) in [7, 11) is 0. The Morgan fingerprint density at radius 2 is 0.464 bits per heavy atom. The zero-order valence-corrected chi connectivity index (χ0v) is 50.3. The molecule has 0 radical (unpaired) electrons. The lowest BCUT2D eigenvalue weighted by Crippen LogP contribution is -2.18. The van der Waals surface area contributed by atoms with Crippen LogP contribution in [0.5, 0.6) is 0 Å². The van der Waals surface area contributed by atoms with E-state index in [2.05, 4.69) is 305 Å². The van der Waals surface area contributed by atoms with E-state index < -0.39 is 0 Å². The normalized spacial score (nSPS) is 12.5. The maximum atomic E-state index is 4.89. The summed E-state index contributed by atoms with van der Waals surface area (Å²) in [5.41, 5.74) is 22.3. The molecule has 0 aliphatic heterocycles. The third kappa shape index (κ3) is 9.99. The van der Waals surface area contributed by atoms with Gasteiger partial charge in [0.15, 0.2) is 0 Å². The Morgan fingerprint density at radius 3 is 0.679 bits per heavy atom. The van der Waals surface area contributed by atoms with E-state index in [1.165, 1.54) is 22.3 Å². The van der Waals surface area contributed by atoms with E-state index in [9.17, 15) is 0 Å². The van der Waals surface area contributed by atoms with Gasteiger partial charge in [-0.3, -0.25) is 18.3 Å². The molecule has 9 aromatic carbocycles. The van der Waals surface area contributed by atoms with Crippen molar-refractivity contribution < 1.29 is 0 Å². The number of fused-ring (bicyclic) bond motifs is 4. The lowest BCUT2D eigenvalue weighted by Gasteiger charge is -2.33. The molecule has 418 valence electrons. The van der Waals surface area contributed by atoms with E-state index in [0.717, 1.165) is 101 Å². The predicted octanol–water partition coefficient (Wildman–Crippen LogP) is 19.2. The van der Waals surface area contributed by atoms with Gasteiger partial charge >= 0.3 is 0 Å². The Kier molecular flexibility index (Phi) is 12.9. The third-order valence-corrected chi connectivity index (χ3v) is 16.4. The summed E-state index contributed by atoms with van der Waals surface area (Å²) in [5.74, 6) is 0. The van der Waals surface area contributed by atoms with Crippen LogP contribution >= 0.6 is 0 Å². The quantitative estimate of drug-likeness (QED) is 0.136. The lowest BCUT2D eigenvalue weighted by atomic mass is 9.85. The fraction of sp³-hybridized carbons (Fsp3) is 0.216. The van der Waals surface area contributed by atoms with Crippen LogP contribution in [0.3, 0.4) is 0 Å². The first-order chi connectivity index (χ1) is 40.1. The van der Waals surface area contributed by atoms with Gasteiger partial charge in [0.2, 0.25) is 0 Å². The molecule has 0 atom stereocenters. The molecule has 10 nitrogen and oxygen atoms in total. The Morgan fingerprint density at radius 1 is 0.250 bits per heavy atom. The van der Waals surface area contributed by atoms with E-state index in [0.29, 0.717) is 0 Å². The number of hydrogen-bond donors (Lipinski definition) is 0. The molecule has 0 aliphatic rings. The number of para-hydroxylation sites is 8. The van der Waals surface area contributed by atoms with Crippen LogP contribution in [-0.4, -0.2) is 38.2 Å². The first-order valence-electron chi connectivity index (χ1n) is 29.1. The highest BCUT2D eigenvalue weighted by Crippen LogP contribution is 2.46. The highest BCUT2D eigenvalue weighted by Gasteiger charge is 2.28. The van der Waals surface area contributed by atoms with E-state index in [4.69, 9.17) is 19.9 Å². The van der Waals surface area contributed by atoms with Gasteiger partial charge in [-0.2, -0.15) is 0 Å². The summed E-state index contributed by atoms with van der Waals surface area (Å²) in [4.78, 5) is 24.4. The Balaban J connectivity index is 1.06. The van der Waals surface area contributed by atoms with E-state index in [1.807, 2.05) is 25.3 Å². The van der Waals surface area contributed by atoms with Gasteiger partial charge in [0.05, 0.1) is 44.1 Å². The third-order valence-electron chi connectivity index (χ3n) is 16.4. The summed E-state index contributed by atoms with van der Waals surface area (Å²) in [6.07, 6.45) is 7.82. The second-order valence-electron chi connectivity index (χ2n) is 26.6. The minimum Gasteiger partial charge on any atom is -0.310 e. The van der Waals surface area contributed by atoms with Gasteiger partial charge < -0.3 is 9.80 Å². The number of imidazole rings is 4. The molecule has 0 N–H and O–H groups in total. The number of hydrogen-bond acceptors (Lipinski definition) is 6. The van der Waals surface area contributed by atoms with Crippen molar-refractivity contribution in [1.29, 1.82) is 0 Å². The van der Waals surface area contributed by atoms with Crippen molar-refractivity contribution >= 4 is 78.3 Å². The van der Waals surface area contributed by atoms with Gasteiger partial charge in [-0.05, 0) is 190 Å². The molecule has 0 amide bonds. The van der Waals surface area contributed by atoms with Crippen LogP contribution in [0.25, 0.3) is 66.9 Å². The molecular formula is C74H72N10. The average Bonchev–Trinajstić information content (AvgIpc) is 3.63. The second-order valence-corrected chi connectivity index (χ2v) is 26.6. The Hall–Kier alpha value is -9.54. The number of rotatable bonds is 10. The molecule has 0 spiro atoms. The molecule has 4 heterocycles. The zero-order chi connectivity index (χ0) is 58.5. The maximum absolute atomic E-state index is 4.89. The van der Waals surface area contributed by atoms with E-state index >= 15 is 0 Å². The molecule has 4 aromatic heterocycles. The molecule has 0 bridgehead atoms. The van der Waals surface area contributed by atoms with Crippen molar-refractivity contribution in [2.45, 2.75) is 105 Å². The highest BCUT2D eigenvalue weighted by molar-refractivity contribution is 5.87. The first kappa shape index (κ1) is 53.8. The molecule has 13 aromatic rings. The molecule has 0 fully saturated rings. The van der Waals surface area contributed by atoms with Gasteiger partial charge in [0.25, 0.3) is 0 Å². The fourth-order valence-electron chi connectivity index (χ4n) is 11.5. The van der Waals surface area contributed by atoms with Gasteiger partial charge in [-0.15, -0.1) is 0 Å². The van der Waals surface area contributed by atoms with E-state index in [1.54, 1.807) is 0 Å². The van der Waals surface area contributed by atoms with Crippen LogP contribution in [0.1, 0.15) is 105 Å². The average molecular weight is 1100 g/mol. The molecule has 0 saturated carbocycles. The van der Waals surface area contributed by atoms with Crippen LogP contribution < -0.4 is 9.80 Å². The molecule has 10 heteroatoms. The van der Waals surface area contributed by atoms with Crippen molar-refractivity contribution in [2.24, 2.45) is 0 Å². The summed E-state index contributed by atoms with van der Waals surface area (Å²) < 4.78 is 8.89. The van der Waals surface area contributed by atoms with Crippen molar-refractivity contribution in [3.8, 4) is 22.7 Å². The molecule has 0 unspecified atom stereocenters. The zero-order valence-electron chi connectivity index (χ0n) is 50.3. The molecule has 84 heavy (non-hydrogen) atoms. The molecule has 13 rings (SSSR count). The van der Waals surface area contributed by atoms with Gasteiger partial charge in [0.1, 0.15) is 25.3 Å².